The Morgan fingerprint density at radius 3 is 2.82 bits per heavy atom. The third-order valence-corrected chi connectivity index (χ3v) is 5.72. The minimum Gasteiger partial charge on any atom is -0.394 e. The third-order valence-electron chi connectivity index (χ3n) is 5.48. The van der Waals surface area contributed by atoms with Crippen LogP contribution in [0.25, 0.3) is 5.82 Å². The van der Waals surface area contributed by atoms with Gasteiger partial charge in [0.25, 0.3) is 0 Å². The summed E-state index contributed by atoms with van der Waals surface area (Å²) < 4.78 is 1.54. The molecule has 2 aromatic heterocycles. The van der Waals surface area contributed by atoms with Crippen LogP contribution in [0.2, 0.25) is 5.02 Å². The Morgan fingerprint density at radius 1 is 1.24 bits per heavy atom. The number of anilines is 2. The Morgan fingerprint density at radius 2 is 2.06 bits per heavy atom. The lowest BCUT2D eigenvalue weighted by Gasteiger charge is -2.26. The highest BCUT2D eigenvalue weighted by Gasteiger charge is 2.20. The summed E-state index contributed by atoms with van der Waals surface area (Å²) in [6, 6.07) is 7.80. The molecule has 0 bridgehead atoms. The number of hydrogen-bond donors (Lipinski definition) is 5. The van der Waals surface area contributed by atoms with Gasteiger partial charge in [0.15, 0.2) is 5.82 Å². The summed E-state index contributed by atoms with van der Waals surface area (Å²) in [6.07, 6.45) is 7.82. The number of nitrogens with one attached hydrogen (secondary N) is 3. The van der Waals surface area contributed by atoms with Gasteiger partial charge < -0.3 is 26.2 Å². The molecule has 2 amide bonds. The second kappa shape index (κ2) is 10.6. The largest absolute Gasteiger partial charge is 0.394 e. The number of aromatic nitrogens is 4. The first-order chi connectivity index (χ1) is 16.0. The van der Waals surface area contributed by atoms with Gasteiger partial charge in [0.05, 0.1) is 36.8 Å². The molecule has 3 aromatic rings. The fourth-order valence-corrected chi connectivity index (χ4v) is 3.94. The molecule has 0 spiro atoms. The van der Waals surface area contributed by atoms with Crippen LogP contribution in [-0.4, -0.2) is 54.7 Å². The molecule has 4 rings (SSSR count). The Bertz CT molecular complexity index is 1090. The van der Waals surface area contributed by atoms with Gasteiger partial charge in [-0.3, -0.25) is 0 Å². The van der Waals surface area contributed by atoms with Crippen molar-refractivity contribution in [2.24, 2.45) is 0 Å². The first kappa shape index (κ1) is 23.0. The summed E-state index contributed by atoms with van der Waals surface area (Å²) in [5, 5.41) is 32.8. The normalized spacial score (nSPS) is 19.0. The predicted molar refractivity (Wildman–Crippen MR) is 124 cm³/mol. The number of hydrogen-bond acceptors (Lipinski definition) is 7. The van der Waals surface area contributed by atoms with E-state index in [1.54, 1.807) is 42.7 Å². The zero-order chi connectivity index (χ0) is 23.2. The molecule has 1 fully saturated rings. The summed E-state index contributed by atoms with van der Waals surface area (Å²) in [4.78, 5) is 21.2. The van der Waals surface area contributed by atoms with Crippen molar-refractivity contribution < 1.29 is 15.0 Å². The Balaban J connectivity index is 1.37. The molecule has 1 aromatic carbocycles. The van der Waals surface area contributed by atoms with E-state index in [1.807, 2.05) is 0 Å². The lowest BCUT2D eigenvalue weighted by atomic mass is 9.93. The number of aliphatic hydroxyl groups excluding tert-OH is 2. The number of benzene rings is 1. The zero-order valence-electron chi connectivity index (χ0n) is 17.9. The molecule has 1 aliphatic rings. The SMILES string of the molecule is O=C(Nc1cnn(-c2ccnc(NC3CCC(O)CC3)n2)c1)NC(CO)c1cccc(Cl)c1. The number of amides is 2. The Kier molecular flexibility index (Phi) is 7.38. The minimum absolute atomic E-state index is 0.222. The topological polar surface area (TPSA) is 137 Å². The molecule has 0 saturated heterocycles. The van der Waals surface area contributed by atoms with E-state index in [-0.39, 0.29) is 18.8 Å². The van der Waals surface area contributed by atoms with Crippen LogP contribution in [0, 0.1) is 0 Å². The van der Waals surface area contributed by atoms with Gasteiger partial charge in [-0.2, -0.15) is 10.1 Å². The first-order valence-corrected chi connectivity index (χ1v) is 11.1. The number of rotatable bonds is 7. The zero-order valence-corrected chi connectivity index (χ0v) is 18.6. The second-order valence-electron chi connectivity index (χ2n) is 7.95. The summed E-state index contributed by atoms with van der Waals surface area (Å²) in [5.74, 6) is 1.04. The highest BCUT2D eigenvalue weighted by molar-refractivity contribution is 6.30. The molecule has 5 N–H and O–H groups in total. The average molecular weight is 472 g/mol. The van der Waals surface area contributed by atoms with Crippen LogP contribution in [0.3, 0.4) is 0 Å². The molecular weight excluding hydrogens is 446 g/mol. The van der Waals surface area contributed by atoms with Crippen LogP contribution in [0.1, 0.15) is 37.3 Å². The molecular formula is C22H26ClN7O3. The quantitative estimate of drug-likeness (QED) is 0.357. The molecule has 0 aliphatic heterocycles. The van der Waals surface area contributed by atoms with Crippen LogP contribution in [-0.2, 0) is 0 Å². The number of halogens is 1. The molecule has 174 valence electrons. The number of carbonyl (C=O) groups is 1. The van der Waals surface area contributed by atoms with Crippen molar-refractivity contribution in [2.45, 2.75) is 43.9 Å². The molecule has 1 aliphatic carbocycles. The molecule has 1 saturated carbocycles. The molecule has 0 radical (unpaired) electrons. The first-order valence-electron chi connectivity index (χ1n) is 10.8. The predicted octanol–water partition coefficient (Wildman–Crippen LogP) is 2.89. The average Bonchev–Trinajstić information content (AvgIpc) is 3.27. The number of carbonyl (C=O) groups excluding carboxylic acids is 1. The lowest BCUT2D eigenvalue weighted by molar-refractivity contribution is 0.126. The fourth-order valence-electron chi connectivity index (χ4n) is 3.74. The standard InChI is InChI=1S/C22H26ClN7O3/c23-15-3-1-2-14(10-15)19(13-31)28-22(33)27-17-11-25-30(12-17)20-8-9-24-21(29-20)26-16-4-6-18(32)7-5-16/h1-3,8-12,16,18-19,31-32H,4-7,13H2,(H,24,26,29)(H2,27,28,33). The second-order valence-corrected chi connectivity index (χ2v) is 8.39. The molecule has 33 heavy (non-hydrogen) atoms. The van der Waals surface area contributed by atoms with Crippen molar-refractivity contribution in [3.05, 3.63) is 59.5 Å². The van der Waals surface area contributed by atoms with Crippen molar-refractivity contribution in [1.29, 1.82) is 0 Å². The maximum absolute atomic E-state index is 12.4. The van der Waals surface area contributed by atoms with Crippen LogP contribution in [0.5, 0.6) is 0 Å². The van der Waals surface area contributed by atoms with Gasteiger partial charge in [0.1, 0.15) is 0 Å². The maximum Gasteiger partial charge on any atom is 0.319 e. The van der Waals surface area contributed by atoms with Gasteiger partial charge in [-0.25, -0.2) is 14.5 Å². The number of aliphatic hydroxyl groups is 2. The van der Waals surface area contributed by atoms with Crippen molar-refractivity contribution in [1.82, 2.24) is 25.1 Å². The fraction of sp³-hybridized carbons (Fsp3) is 0.364. The molecule has 1 unspecified atom stereocenters. The summed E-state index contributed by atoms with van der Waals surface area (Å²) >= 11 is 6.00. The highest BCUT2D eigenvalue weighted by atomic mass is 35.5. The van der Waals surface area contributed by atoms with Crippen LogP contribution in [0.4, 0.5) is 16.4 Å². The summed E-state index contributed by atoms with van der Waals surface area (Å²) in [6.45, 7) is -0.274. The van der Waals surface area contributed by atoms with E-state index in [9.17, 15) is 15.0 Å². The van der Waals surface area contributed by atoms with Crippen molar-refractivity contribution in [3.8, 4) is 5.82 Å². The van der Waals surface area contributed by atoms with Gasteiger partial charge in [-0.15, -0.1) is 0 Å². The van der Waals surface area contributed by atoms with Gasteiger partial charge >= 0.3 is 6.03 Å². The van der Waals surface area contributed by atoms with E-state index in [2.05, 4.69) is 31.0 Å². The van der Waals surface area contributed by atoms with Gasteiger partial charge in [-0.05, 0) is 43.4 Å². The van der Waals surface area contributed by atoms with E-state index in [1.165, 1.54) is 10.9 Å². The monoisotopic (exact) mass is 471 g/mol. The van der Waals surface area contributed by atoms with Crippen LogP contribution >= 0.6 is 11.6 Å². The van der Waals surface area contributed by atoms with Gasteiger partial charge in [-0.1, -0.05) is 23.7 Å². The van der Waals surface area contributed by atoms with E-state index in [4.69, 9.17) is 11.6 Å². The van der Waals surface area contributed by atoms with Crippen LogP contribution < -0.4 is 16.0 Å². The molecule has 1 atom stereocenters. The van der Waals surface area contributed by atoms with E-state index in [0.29, 0.717) is 28.0 Å². The molecule has 2 heterocycles. The Labute approximate surface area is 196 Å². The molecule has 11 heteroatoms. The maximum atomic E-state index is 12.4. The van der Waals surface area contributed by atoms with E-state index >= 15 is 0 Å². The number of nitrogens with zero attached hydrogens (tertiary/aromatic N) is 4. The minimum atomic E-state index is -0.602. The third kappa shape index (κ3) is 6.19. The van der Waals surface area contributed by atoms with E-state index < -0.39 is 12.1 Å². The molecule has 10 nitrogen and oxygen atoms in total. The Hall–Kier alpha value is -3.21. The summed E-state index contributed by atoms with van der Waals surface area (Å²) in [5.41, 5.74) is 1.16. The van der Waals surface area contributed by atoms with Crippen LogP contribution in [0.15, 0.2) is 48.9 Å². The van der Waals surface area contributed by atoms with Gasteiger partial charge in [0.2, 0.25) is 5.95 Å². The van der Waals surface area contributed by atoms with E-state index in [0.717, 1.165) is 25.7 Å². The number of urea groups is 1. The van der Waals surface area contributed by atoms with Crippen molar-refractivity contribution in [3.63, 3.8) is 0 Å². The van der Waals surface area contributed by atoms with Gasteiger partial charge in [0, 0.05) is 23.3 Å². The lowest BCUT2D eigenvalue weighted by Crippen LogP contribution is -2.34. The summed E-state index contributed by atoms with van der Waals surface area (Å²) in [7, 11) is 0. The smallest absolute Gasteiger partial charge is 0.319 e. The highest BCUT2D eigenvalue weighted by Crippen LogP contribution is 2.21. The van der Waals surface area contributed by atoms with Crippen molar-refractivity contribution in [2.75, 3.05) is 17.2 Å². The van der Waals surface area contributed by atoms with Crippen molar-refractivity contribution >= 4 is 29.3 Å².